The average Bonchev–Trinajstić information content (AvgIpc) is 2.95. The number of benzene rings is 1. The van der Waals surface area contributed by atoms with Gasteiger partial charge in [-0.15, -0.1) is 5.10 Å². The van der Waals surface area contributed by atoms with Crippen LogP contribution in [0.1, 0.15) is 43.2 Å². The molecule has 0 fully saturated rings. The van der Waals surface area contributed by atoms with E-state index >= 15 is 0 Å². The molecule has 25 heavy (non-hydrogen) atoms. The van der Waals surface area contributed by atoms with Gasteiger partial charge in [-0.05, 0) is 25.5 Å². The number of hydrogen-bond donors (Lipinski definition) is 1. The van der Waals surface area contributed by atoms with E-state index in [1.54, 1.807) is 6.92 Å². The molecule has 0 amide bonds. The van der Waals surface area contributed by atoms with Crippen molar-refractivity contribution in [1.29, 1.82) is 0 Å². The van der Waals surface area contributed by atoms with E-state index in [4.69, 9.17) is 4.42 Å². The fourth-order valence-electron chi connectivity index (χ4n) is 2.42. The third-order valence-corrected chi connectivity index (χ3v) is 5.00. The molecular formula is C15H19F2N3O4S. The normalized spacial score (nSPS) is 13.4. The van der Waals surface area contributed by atoms with Crippen molar-refractivity contribution in [3.8, 4) is 0 Å². The lowest BCUT2D eigenvalue weighted by molar-refractivity contribution is 0.399. The molecule has 0 aliphatic carbocycles. The van der Waals surface area contributed by atoms with Gasteiger partial charge in [0.15, 0.2) is 0 Å². The van der Waals surface area contributed by atoms with Gasteiger partial charge in [-0.1, -0.05) is 6.92 Å². The molecule has 0 aliphatic rings. The Labute approximate surface area is 143 Å². The van der Waals surface area contributed by atoms with Crippen LogP contribution in [0.2, 0.25) is 0 Å². The Balaban J connectivity index is 2.35. The molecule has 1 N–H and O–H groups in total. The van der Waals surface area contributed by atoms with Crippen molar-refractivity contribution in [2.75, 3.05) is 12.8 Å². The zero-order valence-corrected chi connectivity index (χ0v) is 14.9. The van der Waals surface area contributed by atoms with Crippen LogP contribution < -0.4 is 5.76 Å². The molecule has 2 aromatic rings. The fraction of sp³-hybridized carbons (Fsp3) is 0.467. The Kier molecular flexibility index (Phi) is 5.73. The number of halogens is 2. The van der Waals surface area contributed by atoms with E-state index in [1.165, 1.54) is 6.92 Å². The summed E-state index contributed by atoms with van der Waals surface area (Å²) in [6.45, 7) is 3.24. The van der Waals surface area contributed by atoms with Gasteiger partial charge in [0, 0.05) is 24.2 Å². The highest BCUT2D eigenvalue weighted by Gasteiger charge is 2.23. The Hall–Kier alpha value is -2.07. The Bertz CT molecular complexity index is 908. The van der Waals surface area contributed by atoms with E-state index in [2.05, 4.69) is 10.2 Å². The molecule has 0 radical (unpaired) electrons. The second-order valence-corrected chi connectivity index (χ2v) is 7.72. The Morgan fingerprint density at radius 1 is 1.32 bits per heavy atom. The standard InChI is InChI=1S/C15H19F2N3O4S/c1-4-5-20(25(3,22)23)8-10-6-13(17)11(7-12(10)16)9(2)14-18-19-15(21)24-14/h6-7,9H,4-5,8H2,1-3H3,(H,19,21). The molecule has 0 bridgehead atoms. The van der Waals surface area contributed by atoms with E-state index in [1.807, 2.05) is 0 Å². The maximum Gasteiger partial charge on any atom is 0.434 e. The maximum atomic E-state index is 14.4. The lowest BCUT2D eigenvalue weighted by Gasteiger charge is -2.20. The van der Waals surface area contributed by atoms with Crippen molar-refractivity contribution >= 4 is 10.0 Å². The first-order valence-corrected chi connectivity index (χ1v) is 9.46. The zero-order chi connectivity index (χ0) is 18.8. The van der Waals surface area contributed by atoms with E-state index in [0.29, 0.717) is 6.42 Å². The number of H-pyrrole nitrogens is 1. The topological polar surface area (TPSA) is 96.3 Å². The maximum absolute atomic E-state index is 14.4. The molecule has 1 atom stereocenters. The summed E-state index contributed by atoms with van der Waals surface area (Å²) in [7, 11) is -3.54. The van der Waals surface area contributed by atoms with Crippen LogP contribution in [-0.2, 0) is 16.6 Å². The lowest BCUT2D eigenvalue weighted by Crippen LogP contribution is -2.30. The van der Waals surface area contributed by atoms with Crippen molar-refractivity contribution in [2.24, 2.45) is 0 Å². The minimum atomic E-state index is -3.54. The lowest BCUT2D eigenvalue weighted by atomic mass is 9.98. The van der Waals surface area contributed by atoms with Gasteiger partial charge in [0.2, 0.25) is 15.9 Å². The number of aromatic nitrogens is 2. The zero-order valence-electron chi connectivity index (χ0n) is 14.0. The highest BCUT2D eigenvalue weighted by Crippen LogP contribution is 2.27. The largest absolute Gasteiger partial charge is 0.434 e. The van der Waals surface area contributed by atoms with Crippen LogP contribution in [0.15, 0.2) is 21.3 Å². The second kappa shape index (κ2) is 7.44. The van der Waals surface area contributed by atoms with E-state index in [0.717, 1.165) is 22.7 Å². The van der Waals surface area contributed by atoms with Crippen LogP contribution in [0.3, 0.4) is 0 Å². The van der Waals surface area contributed by atoms with Crippen molar-refractivity contribution in [3.05, 3.63) is 51.3 Å². The van der Waals surface area contributed by atoms with Gasteiger partial charge in [0.05, 0.1) is 12.2 Å². The highest BCUT2D eigenvalue weighted by atomic mass is 32.2. The minimum Gasteiger partial charge on any atom is -0.392 e. The molecule has 1 aromatic carbocycles. The third kappa shape index (κ3) is 4.51. The van der Waals surface area contributed by atoms with Crippen molar-refractivity contribution < 1.29 is 21.6 Å². The Morgan fingerprint density at radius 3 is 2.52 bits per heavy atom. The molecule has 2 rings (SSSR count). The van der Waals surface area contributed by atoms with Crippen LogP contribution in [0.25, 0.3) is 0 Å². The summed E-state index contributed by atoms with van der Waals surface area (Å²) in [6.07, 6.45) is 1.57. The van der Waals surface area contributed by atoms with Gasteiger partial charge >= 0.3 is 5.76 Å². The van der Waals surface area contributed by atoms with Gasteiger partial charge < -0.3 is 4.42 Å². The van der Waals surface area contributed by atoms with E-state index in [-0.39, 0.29) is 30.1 Å². The second-order valence-electron chi connectivity index (χ2n) is 5.73. The molecule has 0 saturated carbocycles. The van der Waals surface area contributed by atoms with Crippen LogP contribution in [0.5, 0.6) is 0 Å². The molecule has 1 unspecified atom stereocenters. The number of nitrogens with zero attached hydrogens (tertiary/aromatic N) is 2. The van der Waals surface area contributed by atoms with Crippen LogP contribution in [-0.4, -0.2) is 35.7 Å². The summed E-state index contributed by atoms with van der Waals surface area (Å²) in [5, 5.41) is 5.67. The molecule has 0 saturated heterocycles. The van der Waals surface area contributed by atoms with Gasteiger partial charge in [-0.25, -0.2) is 27.1 Å². The van der Waals surface area contributed by atoms with Crippen molar-refractivity contribution in [2.45, 2.75) is 32.7 Å². The summed E-state index contributed by atoms with van der Waals surface area (Å²) in [5.41, 5.74) is -0.117. The number of sulfonamides is 1. The van der Waals surface area contributed by atoms with Gasteiger partial charge in [-0.2, -0.15) is 4.31 Å². The number of nitrogens with one attached hydrogen (secondary N) is 1. The van der Waals surface area contributed by atoms with Gasteiger partial charge in [0.1, 0.15) is 11.6 Å². The molecule has 138 valence electrons. The number of aromatic amines is 1. The summed E-state index contributed by atoms with van der Waals surface area (Å²) in [5.74, 6) is -3.13. The molecule has 10 heteroatoms. The van der Waals surface area contributed by atoms with E-state index < -0.39 is 33.3 Å². The Morgan fingerprint density at radius 2 is 2.00 bits per heavy atom. The molecule has 0 aliphatic heterocycles. The quantitative estimate of drug-likeness (QED) is 0.798. The van der Waals surface area contributed by atoms with Gasteiger partial charge in [-0.3, -0.25) is 0 Å². The third-order valence-electron chi connectivity index (χ3n) is 3.75. The molecule has 7 nitrogen and oxygen atoms in total. The predicted molar refractivity (Wildman–Crippen MR) is 86.5 cm³/mol. The molecule has 1 aromatic heterocycles. The van der Waals surface area contributed by atoms with Crippen molar-refractivity contribution in [1.82, 2.24) is 14.5 Å². The van der Waals surface area contributed by atoms with Crippen LogP contribution in [0.4, 0.5) is 8.78 Å². The SMILES string of the molecule is CCCN(Cc1cc(F)c(C(C)c2n[nH]c(=O)o2)cc1F)S(C)(=O)=O. The number of hydrogen-bond acceptors (Lipinski definition) is 5. The minimum absolute atomic E-state index is 0.0436. The molecular weight excluding hydrogens is 356 g/mol. The summed E-state index contributed by atoms with van der Waals surface area (Å²) in [6, 6.07) is 1.93. The summed E-state index contributed by atoms with van der Waals surface area (Å²) < 4.78 is 58.1. The monoisotopic (exact) mass is 375 g/mol. The first-order chi connectivity index (χ1) is 11.6. The fourth-order valence-corrected chi connectivity index (χ4v) is 3.31. The van der Waals surface area contributed by atoms with Crippen LogP contribution >= 0.6 is 0 Å². The van der Waals surface area contributed by atoms with Crippen LogP contribution in [0, 0.1) is 11.6 Å². The summed E-state index contributed by atoms with van der Waals surface area (Å²) >= 11 is 0. The highest BCUT2D eigenvalue weighted by molar-refractivity contribution is 7.88. The smallest absolute Gasteiger partial charge is 0.392 e. The first kappa shape index (κ1) is 19.3. The predicted octanol–water partition coefficient (Wildman–Crippen LogP) is 1.96. The number of rotatable bonds is 7. The molecule has 0 spiro atoms. The molecule has 1 heterocycles. The first-order valence-electron chi connectivity index (χ1n) is 7.61. The summed E-state index contributed by atoms with van der Waals surface area (Å²) in [4.78, 5) is 11.0. The van der Waals surface area contributed by atoms with E-state index in [9.17, 15) is 22.0 Å². The van der Waals surface area contributed by atoms with Gasteiger partial charge in [0.25, 0.3) is 0 Å². The average molecular weight is 375 g/mol. The van der Waals surface area contributed by atoms with Crippen molar-refractivity contribution in [3.63, 3.8) is 0 Å².